The highest BCUT2D eigenvalue weighted by molar-refractivity contribution is 8.15. The zero-order valence-electron chi connectivity index (χ0n) is 15.0. The Kier molecular flexibility index (Phi) is 5.17. The van der Waals surface area contributed by atoms with E-state index in [1.165, 1.54) is 11.8 Å². The predicted molar refractivity (Wildman–Crippen MR) is 104 cm³/mol. The fourth-order valence-electron chi connectivity index (χ4n) is 3.69. The quantitative estimate of drug-likeness (QED) is 0.743. The molecule has 0 bridgehead atoms. The van der Waals surface area contributed by atoms with Gasteiger partial charge in [0.15, 0.2) is 15.0 Å². The van der Waals surface area contributed by atoms with Crippen LogP contribution in [0.1, 0.15) is 18.4 Å². The summed E-state index contributed by atoms with van der Waals surface area (Å²) in [6, 6.07) is 7.48. The molecule has 1 amide bonds. The summed E-state index contributed by atoms with van der Waals surface area (Å²) in [6.45, 7) is 1.10. The van der Waals surface area contributed by atoms with Crippen molar-refractivity contribution in [1.82, 2.24) is 4.90 Å². The van der Waals surface area contributed by atoms with E-state index in [-0.39, 0.29) is 28.7 Å². The predicted octanol–water partition coefficient (Wildman–Crippen LogP) is 1.47. The maximum Gasteiger partial charge on any atom is 0.277 e. The fraction of sp³-hybridized carbons (Fsp3) is 0.556. The van der Waals surface area contributed by atoms with Crippen molar-refractivity contribution in [3.63, 3.8) is 0 Å². The highest BCUT2D eigenvalue weighted by Gasteiger charge is 2.48. The Morgan fingerprint density at radius 2 is 2.11 bits per heavy atom. The summed E-state index contributed by atoms with van der Waals surface area (Å²) in [5, 5.41) is 0.528. The van der Waals surface area contributed by atoms with Crippen molar-refractivity contribution in [2.45, 2.75) is 36.8 Å². The van der Waals surface area contributed by atoms with E-state index in [1.807, 2.05) is 29.2 Å². The van der Waals surface area contributed by atoms with Gasteiger partial charge in [0.2, 0.25) is 0 Å². The van der Waals surface area contributed by atoms with E-state index in [1.54, 1.807) is 7.11 Å². The lowest BCUT2D eigenvalue weighted by Gasteiger charge is -2.24. The van der Waals surface area contributed by atoms with Gasteiger partial charge in [-0.25, -0.2) is 8.42 Å². The summed E-state index contributed by atoms with van der Waals surface area (Å²) < 4.78 is 34.8. The number of sulfone groups is 1. The number of thioether (sulfide) groups is 1. The lowest BCUT2D eigenvalue weighted by molar-refractivity contribution is -0.126. The minimum atomic E-state index is -3.06. The Morgan fingerprint density at radius 1 is 1.33 bits per heavy atom. The van der Waals surface area contributed by atoms with Gasteiger partial charge in [-0.2, -0.15) is 4.99 Å². The average molecular weight is 411 g/mol. The molecule has 0 aromatic heterocycles. The number of rotatable bonds is 4. The molecule has 0 radical (unpaired) electrons. The van der Waals surface area contributed by atoms with Gasteiger partial charge >= 0.3 is 0 Å². The molecule has 0 aliphatic carbocycles. The Bertz CT molecular complexity index is 847. The third-order valence-electron chi connectivity index (χ3n) is 5.10. The molecule has 1 unspecified atom stereocenters. The third kappa shape index (κ3) is 4.00. The van der Waals surface area contributed by atoms with E-state index in [9.17, 15) is 13.2 Å². The van der Waals surface area contributed by atoms with E-state index in [0.717, 1.165) is 17.7 Å². The number of amides is 1. The Balaban J connectivity index is 1.58. The van der Waals surface area contributed by atoms with Gasteiger partial charge in [0, 0.05) is 18.4 Å². The highest BCUT2D eigenvalue weighted by Crippen LogP contribution is 2.39. The maximum absolute atomic E-state index is 12.4. The smallest absolute Gasteiger partial charge is 0.277 e. The molecule has 9 heteroatoms. The zero-order chi connectivity index (χ0) is 19.0. The number of benzene rings is 1. The lowest BCUT2D eigenvalue weighted by Crippen LogP contribution is -2.37. The van der Waals surface area contributed by atoms with Gasteiger partial charge in [-0.1, -0.05) is 23.9 Å². The lowest BCUT2D eigenvalue weighted by atomic mass is 10.1. The van der Waals surface area contributed by atoms with E-state index < -0.39 is 15.9 Å². The number of ether oxygens (including phenoxy) is 2. The molecule has 7 nitrogen and oxygen atoms in total. The normalized spacial score (nSPS) is 30.6. The van der Waals surface area contributed by atoms with Gasteiger partial charge in [-0.05, 0) is 30.5 Å². The molecular formula is C18H22N2O5S2. The summed E-state index contributed by atoms with van der Waals surface area (Å²) in [5.74, 6) is 0.735. The van der Waals surface area contributed by atoms with Gasteiger partial charge in [0.25, 0.3) is 5.91 Å². The van der Waals surface area contributed by atoms with Crippen LogP contribution < -0.4 is 4.74 Å². The topological polar surface area (TPSA) is 85.3 Å². The Labute approximate surface area is 163 Å². The minimum absolute atomic E-state index is 0.0794. The van der Waals surface area contributed by atoms with E-state index >= 15 is 0 Å². The molecule has 1 aromatic rings. The van der Waals surface area contributed by atoms with E-state index in [2.05, 4.69) is 4.99 Å². The molecule has 3 heterocycles. The second-order valence-electron chi connectivity index (χ2n) is 7.01. The van der Waals surface area contributed by atoms with Crippen LogP contribution in [0.15, 0.2) is 29.3 Å². The first-order valence-electron chi connectivity index (χ1n) is 8.96. The first kappa shape index (κ1) is 18.8. The van der Waals surface area contributed by atoms with Gasteiger partial charge in [-0.3, -0.25) is 4.79 Å². The highest BCUT2D eigenvalue weighted by atomic mass is 32.2. The van der Waals surface area contributed by atoms with Crippen molar-refractivity contribution in [3.8, 4) is 5.75 Å². The molecule has 0 N–H and O–H groups in total. The van der Waals surface area contributed by atoms with Gasteiger partial charge in [0.05, 0.1) is 24.7 Å². The maximum atomic E-state index is 12.4. The SMILES string of the molecule is COc1ccc(CN2C(=NC(=O)C3CCCO3)S[C@@H]3CS(=O)(=O)C[C@@H]32)cc1. The van der Waals surface area contributed by atoms with Gasteiger partial charge in [-0.15, -0.1) is 0 Å². The summed E-state index contributed by atoms with van der Waals surface area (Å²) in [7, 11) is -1.44. The van der Waals surface area contributed by atoms with Crippen molar-refractivity contribution in [2.24, 2.45) is 4.99 Å². The zero-order valence-corrected chi connectivity index (χ0v) is 16.7. The number of methoxy groups -OCH3 is 1. The molecule has 0 spiro atoms. The molecule has 1 aromatic carbocycles. The van der Waals surface area contributed by atoms with Crippen LogP contribution in [-0.2, 0) is 25.9 Å². The second-order valence-corrected chi connectivity index (χ2v) is 10.4. The van der Waals surface area contributed by atoms with Crippen LogP contribution >= 0.6 is 11.8 Å². The van der Waals surface area contributed by atoms with Crippen LogP contribution in [-0.4, -0.2) is 67.0 Å². The second kappa shape index (κ2) is 7.44. The average Bonchev–Trinajstić information content (AvgIpc) is 3.33. The molecule has 27 heavy (non-hydrogen) atoms. The molecule has 0 saturated carbocycles. The summed E-state index contributed by atoms with van der Waals surface area (Å²) in [5.41, 5.74) is 1.01. The number of hydrogen-bond donors (Lipinski definition) is 0. The molecule has 3 aliphatic rings. The number of fused-ring (bicyclic) bond motifs is 1. The summed E-state index contributed by atoms with van der Waals surface area (Å²) in [4.78, 5) is 18.7. The Hall–Kier alpha value is -1.58. The third-order valence-corrected chi connectivity index (χ3v) is 8.35. The first-order chi connectivity index (χ1) is 12.9. The standard InChI is InChI=1S/C18H22N2O5S2/c1-24-13-6-4-12(5-7-13)9-20-14-10-27(22,23)11-16(14)26-18(20)19-17(21)15-3-2-8-25-15/h4-7,14-16H,2-3,8-11H2,1H3/t14-,15?,16+/m0/s1. The molecule has 4 rings (SSSR count). The summed E-state index contributed by atoms with van der Waals surface area (Å²) in [6.07, 6.45) is 1.10. The van der Waals surface area contributed by atoms with Crippen molar-refractivity contribution in [1.29, 1.82) is 0 Å². The van der Waals surface area contributed by atoms with E-state index in [0.29, 0.717) is 24.7 Å². The number of nitrogens with zero attached hydrogens (tertiary/aromatic N) is 2. The number of hydrogen-bond acceptors (Lipinski definition) is 6. The van der Waals surface area contributed by atoms with E-state index in [4.69, 9.17) is 9.47 Å². The van der Waals surface area contributed by atoms with Crippen LogP contribution in [0.2, 0.25) is 0 Å². The number of carbonyl (C=O) groups is 1. The number of amidine groups is 1. The summed E-state index contributed by atoms with van der Waals surface area (Å²) >= 11 is 1.40. The Morgan fingerprint density at radius 3 is 2.78 bits per heavy atom. The van der Waals surface area contributed by atoms with Crippen LogP contribution in [0.5, 0.6) is 5.75 Å². The minimum Gasteiger partial charge on any atom is -0.497 e. The number of carbonyl (C=O) groups excluding carboxylic acids is 1. The monoisotopic (exact) mass is 410 g/mol. The largest absolute Gasteiger partial charge is 0.497 e. The van der Waals surface area contributed by atoms with Crippen molar-refractivity contribution >= 4 is 32.7 Å². The fourth-order valence-corrected chi connectivity index (χ4v) is 7.64. The van der Waals surface area contributed by atoms with Crippen LogP contribution in [0, 0.1) is 0 Å². The van der Waals surface area contributed by atoms with Crippen LogP contribution in [0.4, 0.5) is 0 Å². The number of aliphatic imine (C=N–C) groups is 1. The van der Waals surface area contributed by atoms with Crippen molar-refractivity contribution < 1.29 is 22.7 Å². The van der Waals surface area contributed by atoms with Crippen LogP contribution in [0.25, 0.3) is 0 Å². The first-order valence-corrected chi connectivity index (χ1v) is 11.7. The molecule has 3 aliphatic heterocycles. The molecule has 146 valence electrons. The molecule has 3 atom stereocenters. The molecular weight excluding hydrogens is 388 g/mol. The molecule has 3 fully saturated rings. The van der Waals surface area contributed by atoms with Crippen LogP contribution in [0.3, 0.4) is 0 Å². The van der Waals surface area contributed by atoms with Gasteiger partial charge < -0.3 is 14.4 Å². The van der Waals surface area contributed by atoms with Crippen molar-refractivity contribution in [2.75, 3.05) is 25.2 Å². The molecule has 3 saturated heterocycles. The van der Waals surface area contributed by atoms with Crippen molar-refractivity contribution in [3.05, 3.63) is 29.8 Å². The van der Waals surface area contributed by atoms with Gasteiger partial charge in [0.1, 0.15) is 11.9 Å².